The van der Waals surface area contributed by atoms with Gasteiger partial charge in [0.15, 0.2) is 0 Å². The van der Waals surface area contributed by atoms with Gasteiger partial charge in [0.05, 0.1) is 17.3 Å². The van der Waals surface area contributed by atoms with Crippen LogP contribution in [0.3, 0.4) is 0 Å². The van der Waals surface area contributed by atoms with E-state index >= 15 is 0 Å². The third kappa shape index (κ3) is 4.58. The molecule has 0 aliphatic rings. The molecule has 0 atom stereocenters. The van der Waals surface area contributed by atoms with Gasteiger partial charge >= 0.3 is 0 Å². The van der Waals surface area contributed by atoms with Crippen LogP contribution >= 0.6 is 0 Å². The van der Waals surface area contributed by atoms with Crippen LogP contribution in [0, 0.1) is 36.5 Å². The summed E-state index contributed by atoms with van der Waals surface area (Å²) in [5.74, 6) is 0.157. The Morgan fingerprint density at radius 1 is 1.14 bits per heavy atom. The zero-order valence-electron chi connectivity index (χ0n) is 16.1. The van der Waals surface area contributed by atoms with Crippen molar-refractivity contribution in [3.8, 4) is 17.9 Å². The zero-order chi connectivity index (χ0) is 20.8. The molecule has 2 aromatic carbocycles. The van der Waals surface area contributed by atoms with Crippen molar-refractivity contribution in [2.75, 3.05) is 0 Å². The molecule has 0 spiro atoms. The maximum atomic E-state index is 12.6. The van der Waals surface area contributed by atoms with Gasteiger partial charge in [0.25, 0.3) is 5.91 Å². The topological polar surface area (TPSA) is 91.7 Å². The zero-order valence-corrected chi connectivity index (χ0v) is 16.1. The van der Waals surface area contributed by atoms with Gasteiger partial charge in [0.1, 0.15) is 24.0 Å². The van der Waals surface area contributed by atoms with Gasteiger partial charge in [-0.1, -0.05) is 30.3 Å². The second-order valence-corrected chi connectivity index (χ2v) is 6.44. The molecule has 0 saturated heterocycles. The van der Waals surface area contributed by atoms with E-state index in [-0.39, 0.29) is 12.2 Å². The fourth-order valence-electron chi connectivity index (χ4n) is 2.83. The molecule has 0 radical (unpaired) electrons. The van der Waals surface area contributed by atoms with Crippen molar-refractivity contribution in [3.05, 3.63) is 88.2 Å². The van der Waals surface area contributed by atoms with Crippen LogP contribution in [0.5, 0.6) is 5.75 Å². The molecule has 0 amide bonds. The van der Waals surface area contributed by atoms with E-state index < -0.39 is 5.91 Å². The molecule has 142 valence electrons. The summed E-state index contributed by atoms with van der Waals surface area (Å²) >= 11 is 0. The molecule has 6 heteroatoms. The first kappa shape index (κ1) is 19.6. The number of carbonyl (C=O) groups is 1. The molecule has 0 bridgehead atoms. The first-order valence-electron chi connectivity index (χ1n) is 8.92. The monoisotopic (exact) mass is 382 g/mol. The van der Waals surface area contributed by atoms with E-state index in [1.807, 2.05) is 24.3 Å². The second-order valence-electron chi connectivity index (χ2n) is 6.44. The van der Waals surface area contributed by atoms with E-state index in [2.05, 4.69) is 11.2 Å². The molecule has 0 aliphatic heterocycles. The highest BCUT2D eigenvalue weighted by atomic mass is 16.5. The van der Waals surface area contributed by atoms with Gasteiger partial charge in [-0.15, -0.1) is 0 Å². The van der Waals surface area contributed by atoms with Crippen molar-refractivity contribution in [3.63, 3.8) is 0 Å². The number of benzene rings is 2. The number of aromatic nitrogens is 2. The van der Waals surface area contributed by atoms with E-state index in [9.17, 15) is 10.1 Å². The molecular formula is C23H18N4O2. The lowest BCUT2D eigenvalue weighted by molar-refractivity contribution is 0.0943. The van der Waals surface area contributed by atoms with Gasteiger partial charge in [-0.05, 0) is 49.8 Å². The van der Waals surface area contributed by atoms with Crippen molar-refractivity contribution < 1.29 is 9.53 Å². The van der Waals surface area contributed by atoms with Crippen LogP contribution in [0.1, 0.15) is 32.9 Å². The fourth-order valence-corrected chi connectivity index (χ4v) is 2.83. The fraction of sp³-hybridized carbons (Fsp3) is 0.130. The van der Waals surface area contributed by atoms with Crippen molar-refractivity contribution in [2.45, 2.75) is 20.5 Å². The van der Waals surface area contributed by atoms with Gasteiger partial charge in [-0.25, -0.2) is 4.68 Å². The predicted octanol–water partition coefficient (Wildman–Crippen LogP) is 4.20. The molecule has 0 aliphatic carbocycles. The Labute approximate surface area is 168 Å². The predicted molar refractivity (Wildman–Crippen MR) is 108 cm³/mol. The van der Waals surface area contributed by atoms with E-state index in [1.54, 1.807) is 50.2 Å². The highest BCUT2D eigenvalue weighted by Gasteiger charge is 2.15. The summed E-state index contributed by atoms with van der Waals surface area (Å²) in [6.07, 6.45) is 1.52. The molecule has 1 aromatic heterocycles. The number of rotatable bonds is 5. The maximum Gasteiger partial charge on any atom is 0.289 e. The molecule has 29 heavy (non-hydrogen) atoms. The molecule has 0 unspecified atom stereocenters. The van der Waals surface area contributed by atoms with Crippen LogP contribution in [0.25, 0.3) is 6.08 Å². The van der Waals surface area contributed by atoms with Gasteiger partial charge in [-0.3, -0.25) is 4.79 Å². The number of nitrogens with zero attached hydrogens (tertiary/aromatic N) is 4. The Morgan fingerprint density at radius 2 is 1.86 bits per heavy atom. The van der Waals surface area contributed by atoms with E-state index in [0.29, 0.717) is 28.3 Å². The summed E-state index contributed by atoms with van der Waals surface area (Å²) in [5, 5.41) is 22.7. The van der Waals surface area contributed by atoms with Crippen LogP contribution in [0.2, 0.25) is 0 Å². The van der Waals surface area contributed by atoms with Gasteiger partial charge in [0.2, 0.25) is 0 Å². The van der Waals surface area contributed by atoms with Crippen LogP contribution in [0.4, 0.5) is 0 Å². The van der Waals surface area contributed by atoms with E-state index in [4.69, 9.17) is 10.00 Å². The molecule has 6 nitrogen and oxygen atoms in total. The molecular weight excluding hydrogens is 364 g/mol. The van der Waals surface area contributed by atoms with Crippen LogP contribution in [0.15, 0.2) is 60.2 Å². The largest absolute Gasteiger partial charge is 0.489 e. The Kier molecular flexibility index (Phi) is 5.87. The Bertz CT molecular complexity index is 1160. The number of hydrogen-bond donors (Lipinski definition) is 0. The summed E-state index contributed by atoms with van der Waals surface area (Å²) in [6.45, 7) is 3.84. The van der Waals surface area contributed by atoms with Gasteiger partial charge in [0, 0.05) is 11.3 Å². The number of nitriles is 2. The first-order valence-corrected chi connectivity index (χ1v) is 8.92. The Morgan fingerprint density at radius 3 is 2.48 bits per heavy atom. The highest BCUT2D eigenvalue weighted by molar-refractivity contribution is 6.03. The summed E-state index contributed by atoms with van der Waals surface area (Å²) < 4.78 is 6.97. The van der Waals surface area contributed by atoms with Crippen LogP contribution in [-0.4, -0.2) is 15.7 Å². The Hall–Kier alpha value is -4.16. The standard InChI is InChI=1S/C23H18N4O2/c1-16-11-17(2)27(26-16)23(28)21(14-25)12-18-7-9-22(10-8-18)29-15-20-6-4-3-5-19(20)13-24/h3-12H,15H2,1-2H3/b21-12+. The third-order valence-electron chi connectivity index (χ3n) is 4.28. The van der Waals surface area contributed by atoms with Crippen molar-refractivity contribution in [2.24, 2.45) is 0 Å². The van der Waals surface area contributed by atoms with Gasteiger partial charge < -0.3 is 4.74 Å². The summed E-state index contributed by atoms with van der Waals surface area (Å²) in [6, 6.07) is 20.2. The smallest absolute Gasteiger partial charge is 0.289 e. The quantitative estimate of drug-likeness (QED) is 0.487. The molecule has 0 N–H and O–H groups in total. The van der Waals surface area contributed by atoms with Crippen LogP contribution in [-0.2, 0) is 6.61 Å². The van der Waals surface area contributed by atoms with Crippen molar-refractivity contribution in [1.29, 1.82) is 10.5 Å². The van der Waals surface area contributed by atoms with Crippen molar-refractivity contribution >= 4 is 12.0 Å². The minimum absolute atomic E-state index is 0.00665. The maximum absolute atomic E-state index is 12.6. The third-order valence-corrected chi connectivity index (χ3v) is 4.28. The molecule has 3 rings (SSSR count). The van der Waals surface area contributed by atoms with E-state index in [1.165, 1.54) is 10.8 Å². The number of aryl methyl sites for hydroxylation is 2. The number of ether oxygens (including phenoxy) is 1. The van der Waals surface area contributed by atoms with E-state index in [0.717, 1.165) is 5.56 Å². The average Bonchev–Trinajstić information content (AvgIpc) is 3.09. The lowest BCUT2D eigenvalue weighted by atomic mass is 10.1. The summed E-state index contributed by atoms with van der Waals surface area (Å²) in [4.78, 5) is 12.6. The van der Waals surface area contributed by atoms with Crippen LogP contribution < -0.4 is 4.74 Å². The Balaban J connectivity index is 1.73. The number of allylic oxidation sites excluding steroid dienone is 1. The number of carbonyl (C=O) groups excluding carboxylic acids is 1. The lowest BCUT2D eigenvalue weighted by Gasteiger charge is -2.08. The minimum Gasteiger partial charge on any atom is -0.489 e. The second kappa shape index (κ2) is 8.69. The summed E-state index contributed by atoms with van der Waals surface area (Å²) in [5.41, 5.74) is 3.46. The van der Waals surface area contributed by atoms with Gasteiger partial charge in [-0.2, -0.15) is 15.6 Å². The number of hydrogen-bond acceptors (Lipinski definition) is 5. The molecule has 0 saturated carbocycles. The molecule has 0 fully saturated rings. The molecule has 1 heterocycles. The highest BCUT2D eigenvalue weighted by Crippen LogP contribution is 2.18. The normalized spacial score (nSPS) is 10.8. The average molecular weight is 382 g/mol. The lowest BCUT2D eigenvalue weighted by Crippen LogP contribution is -2.15. The molecule has 3 aromatic rings. The van der Waals surface area contributed by atoms with Crippen molar-refractivity contribution in [1.82, 2.24) is 9.78 Å². The SMILES string of the molecule is Cc1cc(C)n(C(=O)/C(C#N)=C/c2ccc(OCc3ccccc3C#N)cc2)n1. The summed E-state index contributed by atoms with van der Waals surface area (Å²) in [7, 11) is 0. The first-order chi connectivity index (χ1) is 14.0. The minimum atomic E-state index is -0.466.